The molecule has 0 spiro atoms. The minimum Gasteiger partial charge on any atom is -0.475 e. The summed E-state index contributed by atoms with van der Waals surface area (Å²) in [6.07, 6.45) is 4.45. The molecular formula is C24H22F2N8O. The number of fused-ring (bicyclic) bond motifs is 2. The van der Waals surface area contributed by atoms with Gasteiger partial charge < -0.3 is 10.1 Å². The van der Waals surface area contributed by atoms with Crippen molar-refractivity contribution in [2.75, 3.05) is 13.1 Å². The maximum absolute atomic E-state index is 15.0. The van der Waals surface area contributed by atoms with Gasteiger partial charge in [-0.25, -0.2) is 18.0 Å². The van der Waals surface area contributed by atoms with Crippen LogP contribution < -0.4 is 10.1 Å². The van der Waals surface area contributed by atoms with E-state index in [-0.39, 0.29) is 23.0 Å². The first-order valence-electron chi connectivity index (χ1n) is 11.5. The summed E-state index contributed by atoms with van der Waals surface area (Å²) in [5.74, 6) is -3.03. The maximum Gasteiger partial charge on any atom is 0.293 e. The quantitative estimate of drug-likeness (QED) is 0.481. The van der Waals surface area contributed by atoms with Crippen molar-refractivity contribution in [2.24, 2.45) is 0 Å². The summed E-state index contributed by atoms with van der Waals surface area (Å²) < 4.78 is 39.4. The fourth-order valence-corrected chi connectivity index (χ4v) is 5.04. The number of nitrogens with one attached hydrogen (secondary N) is 1. The second-order valence-electron chi connectivity index (χ2n) is 8.99. The first-order valence-corrected chi connectivity index (χ1v) is 11.5. The SMILES string of the molecule is Cc1c(-c2cc(OC3c4ncccc4CC3(F)F)c3c(C#N)cnn3c2)nnn1C1CCNCC1. The highest BCUT2D eigenvalue weighted by molar-refractivity contribution is 5.75. The van der Waals surface area contributed by atoms with Crippen molar-refractivity contribution in [3.63, 3.8) is 0 Å². The van der Waals surface area contributed by atoms with Crippen LogP contribution in [0.3, 0.4) is 0 Å². The third-order valence-corrected chi connectivity index (χ3v) is 6.78. The number of ether oxygens (including phenoxy) is 1. The van der Waals surface area contributed by atoms with E-state index in [0.717, 1.165) is 31.6 Å². The van der Waals surface area contributed by atoms with Crippen molar-refractivity contribution in [2.45, 2.75) is 44.3 Å². The first kappa shape index (κ1) is 21.6. The van der Waals surface area contributed by atoms with Crippen molar-refractivity contribution in [3.05, 3.63) is 59.3 Å². The number of alkyl halides is 2. The van der Waals surface area contributed by atoms with Gasteiger partial charge >= 0.3 is 0 Å². The van der Waals surface area contributed by atoms with Crippen molar-refractivity contribution in [3.8, 4) is 23.1 Å². The molecule has 1 N–H and O–H groups in total. The molecule has 1 aliphatic heterocycles. The summed E-state index contributed by atoms with van der Waals surface area (Å²) in [6.45, 7) is 3.77. The molecule has 1 saturated heterocycles. The highest BCUT2D eigenvalue weighted by Crippen LogP contribution is 2.46. The van der Waals surface area contributed by atoms with E-state index >= 15 is 8.78 Å². The summed E-state index contributed by atoms with van der Waals surface area (Å²) in [7, 11) is 0. The van der Waals surface area contributed by atoms with Gasteiger partial charge in [-0.05, 0) is 50.6 Å². The number of aromatic nitrogens is 6. The molecule has 0 bridgehead atoms. The topological polar surface area (TPSA) is 106 Å². The normalized spacial score (nSPS) is 19.5. The highest BCUT2D eigenvalue weighted by atomic mass is 19.3. The Bertz CT molecular complexity index is 1460. The molecule has 1 aliphatic carbocycles. The van der Waals surface area contributed by atoms with Gasteiger partial charge in [-0.2, -0.15) is 10.4 Å². The molecule has 0 saturated carbocycles. The summed E-state index contributed by atoms with van der Waals surface area (Å²) in [5.41, 5.74) is 3.29. The van der Waals surface area contributed by atoms with E-state index in [9.17, 15) is 5.26 Å². The van der Waals surface area contributed by atoms with Gasteiger partial charge in [-0.3, -0.25) is 4.98 Å². The molecule has 0 radical (unpaired) electrons. The van der Waals surface area contributed by atoms with Crippen LogP contribution >= 0.6 is 0 Å². The first-order chi connectivity index (χ1) is 17.0. The predicted molar refractivity (Wildman–Crippen MR) is 121 cm³/mol. The van der Waals surface area contributed by atoms with E-state index in [1.165, 1.54) is 16.9 Å². The van der Waals surface area contributed by atoms with Crippen LogP contribution in [0, 0.1) is 18.3 Å². The summed E-state index contributed by atoms with van der Waals surface area (Å²) in [6, 6.07) is 7.21. The number of nitriles is 1. The summed E-state index contributed by atoms with van der Waals surface area (Å²) in [4.78, 5) is 4.17. The van der Waals surface area contributed by atoms with Gasteiger partial charge in [0.05, 0.1) is 23.6 Å². The Morgan fingerprint density at radius 1 is 1.29 bits per heavy atom. The van der Waals surface area contributed by atoms with Gasteiger partial charge in [0.1, 0.15) is 28.6 Å². The number of nitrogens with zero attached hydrogens (tertiary/aromatic N) is 7. The van der Waals surface area contributed by atoms with Crippen LogP contribution in [-0.4, -0.2) is 48.6 Å². The Morgan fingerprint density at radius 3 is 2.91 bits per heavy atom. The predicted octanol–water partition coefficient (Wildman–Crippen LogP) is 3.40. The van der Waals surface area contributed by atoms with Gasteiger partial charge in [0.25, 0.3) is 5.92 Å². The van der Waals surface area contributed by atoms with Crippen LogP contribution in [0.1, 0.15) is 47.5 Å². The molecule has 2 aliphatic rings. The Balaban J connectivity index is 1.45. The second kappa shape index (κ2) is 8.09. The van der Waals surface area contributed by atoms with E-state index in [1.807, 2.05) is 11.6 Å². The number of halogens is 2. The highest BCUT2D eigenvalue weighted by Gasteiger charge is 2.51. The summed E-state index contributed by atoms with van der Waals surface area (Å²) in [5, 5.41) is 26.0. The number of hydrogen-bond acceptors (Lipinski definition) is 7. The smallest absolute Gasteiger partial charge is 0.293 e. The average Bonchev–Trinajstić information content (AvgIpc) is 3.53. The fraction of sp³-hybridized carbons (Fsp3) is 0.375. The van der Waals surface area contributed by atoms with Gasteiger partial charge in [0, 0.05) is 24.4 Å². The van der Waals surface area contributed by atoms with Crippen LogP contribution in [0.2, 0.25) is 0 Å². The van der Waals surface area contributed by atoms with Crippen LogP contribution in [0.5, 0.6) is 5.75 Å². The molecule has 5 heterocycles. The third-order valence-electron chi connectivity index (χ3n) is 6.78. The van der Waals surface area contributed by atoms with Gasteiger partial charge in [-0.15, -0.1) is 5.10 Å². The Kier molecular flexibility index (Phi) is 5.00. The Morgan fingerprint density at radius 2 is 2.11 bits per heavy atom. The number of pyridine rings is 2. The largest absolute Gasteiger partial charge is 0.475 e. The van der Waals surface area contributed by atoms with Gasteiger partial charge in [0.2, 0.25) is 6.10 Å². The molecule has 11 heteroatoms. The molecule has 1 fully saturated rings. The Labute approximate surface area is 199 Å². The lowest BCUT2D eigenvalue weighted by Crippen LogP contribution is -2.30. The monoisotopic (exact) mass is 476 g/mol. The molecule has 1 atom stereocenters. The zero-order chi connectivity index (χ0) is 24.2. The molecule has 4 aromatic heterocycles. The van der Waals surface area contributed by atoms with Crippen LogP contribution in [0.4, 0.5) is 8.78 Å². The van der Waals surface area contributed by atoms with Crippen LogP contribution in [0.25, 0.3) is 16.8 Å². The zero-order valence-corrected chi connectivity index (χ0v) is 18.9. The number of hydrogen-bond donors (Lipinski definition) is 1. The van der Waals surface area contributed by atoms with E-state index in [0.29, 0.717) is 22.3 Å². The molecule has 4 aromatic rings. The Hall–Kier alpha value is -3.91. The minimum absolute atomic E-state index is 0.121. The lowest BCUT2D eigenvalue weighted by molar-refractivity contribution is -0.0854. The third kappa shape index (κ3) is 3.52. The lowest BCUT2D eigenvalue weighted by Gasteiger charge is -2.23. The van der Waals surface area contributed by atoms with Crippen molar-refractivity contribution >= 4 is 5.52 Å². The average molecular weight is 476 g/mol. The molecule has 178 valence electrons. The van der Waals surface area contributed by atoms with E-state index in [1.54, 1.807) is 24.4 Å². The van der Waals surface area contributed by atoms with E-state index in [2.05, 4.69) is 31.8 Å². The fourth-order valence-electron chi connectivity index (χ4n) is 5.04. The number of rotatable bonds is 4. The van der Waals surface area contributed by atoms with Gasteiger partial charge in [0.15, 0.2) is 0 Å². The molecular weight excluding hydrogens is 454 g/mol. The molecule has 0 amide bonds. The number of piperidine rings is 1. The van der Waals surface area contributed by atoms with E-state index < -0.39 is 18.4 Å². The molecule has 35 heavy (non-hydrogen) atoms. The standard InChI is InChI=1S/C24H22F2N8O/c1-14-20(31-32-34(14)18-4-7-28-8-5-18)16-9-19(22-17(11-27)12-30-33(22)13-16)35-23-21-15(3-2-6-29-21)10-24(23,25)26/h2-3,6,9,12-13,18,23,28H,4-5,7-8,10H2,1H3. The lowest BCUT2D eigenvalue weighted by atomic mass is 10.1. The molecule has 6 rings (SSSR count). The molecule has 9 nitrogen and oxygen atoms in total. The minimum atomic E-state index is -3.15. The van der Waals surface area contributed by atoms with Gasteiger partial charge in [-0.1, -0.05) is 11.3 Å². The molecule has 0 aromatic carbocycles. The zero-order valence-electron chi connectivity index (χ0n) is 18.9. The molecule has 1 unspecified atom stereocenters. The second-order valence-corrected chi connectivity index (χ2v) is 8.99. The summed E-state index contributed by atoms with van der Waals surface area (Å²) >= 11 is 0. The maximum atomic E-state index is 15.0. The van der Waals surface area contributed by atoms with Crippen molar-refractivity contribution in [1.29, 1.82) is 5.26 Å². The van der Waals surface area contributed by atoms with Crippen LogP contribution in [0.15, 0.2) is 36.8 Å². The van der Waals surface area contributed by atoms with Crippen molar-refractivity contribution in [1.82, 2.24) is 34.9 Å². The van der Waals surface area contributed by atoms with Crippen molar-refractivity contribution < 1.29 is 13.5 Å². The van der Waals surface area contributed by atoms with Crippen LogP contribution in [-0.2, 0) is 6.42 Å². The van der Waals surface area contributed by atoms with E-state index in [4.69, 9.17) is 4.74 Å².